The van der Waals surface area contributed by atoms with Crippen LogP contribution < -0.4 is 15.8 Å². The lowest BCUT2D eigenvalue weighted by atomic mass is 10.2. The van der Waals surface area contributed by atoms with E-state index in [1.807, 2.05) is 0 Å². The van der Waals surface area contributed by atoms with Crippen LogP contribution in [-0.4, -0.2) is 30.1 Å². The molecule has 1 aliphatic heterocycles. The molecule has 1 atom stereocenters. The molecule has 0 radical (unpaired) electrons. The molecule has 1 fully saturated rings. The molecule has 0 aromatic carbocycles. The van der Waals surface area contributed by atoms with E-state index in [4.69, 9.17) is 10.5 Å². The van der Waals surface area contributed by atoms with Gasteiger partial charge < -0.3 is 15.8 Å². The predicted molar refractivity (Wildman–Crippen MR) is 59.3 cm³/mol. The van der Waals surface area contributed by atoms with E-state index in [9.17, 15) is 4.79 Å². The van der Waals surface area contributed by atoms with Crippen LogP contribution in [0.2, 0.25) is 0 Å². The second-order valence-electron chi connectivity index (χ2n) is 3.82. The number of carbonyl (C=O) groups is 1. The zero-order valence-corrected chi connectivity index (χ0v) is 8.98. The third-order valence-corrected chi connectivity index (χ3v) is 2.62. The lowest BCUT2D eigenvalue weighted by Crippen LogP contribution is -2.29. The summed E-state index contributed by atoms with van der Waals surface area (Å²) >= 11 is 0. The van der Waals surface area contributed by atoms with Gasteiger partial charge in [-0.25, -0.2) is 4.98 Å². The summed E-state index contributed by atoms with van der Waals surface area (Å²) in [6.07, 6.45) is 3.85. The minimum atomic E-state index is -0.512. The fraction of sp³-hybridized carbons (Fsp3) is 0.455. The van der Waals surface area contributed by atoms with Gasteiger partial charge in [0.05, 0.1) is 0 Å². The molecule has 1 aliphatic rings. The second kappa shape index (κ2) is 4.94. The summed E-state index contributed by atoms with van der Waals surface area (Å²) in [6, 6.07) is 3.63. The highest BCUT2D eigenvalue weighted by Crippen LogP contribution is 2.14. The zero-order chi connectivity index (χ0) is 11.4. The van der Waals surface area contributed by atoms with E-state index in [0.717, 1.165) is 13.0 Å². The summed E-state index contributed by atoms with van der Waals surface area (Å²) in [5.74, 6) is -0.189. The van der Waals surface area contributed by atoms with Crippen LogP contribution >= 0.6 is 0 Å². The maximum atomic E-state index is 11.1. The number of carbonyl (C=O) groups excluding carboxylic acids is 1. The average molecular weight is 221 g/mol. The molecule has 0 bridgehead atoms. The van der Waals surface area contributed by atoms with Gasteiger partial charge in [0.15, 0.2) is 0 Å². The van der Waals surface area contributed by atoms with E-state index in [2.05, 4.69) is 10.3 Å². The van der Waals surface area contributed by atoms with Crippen LogP contribution in [0.3, 0.4) is 0 Å². The predicted octanol–water partition coefficient (Wildman–Crippen LogP) is 0.311. The number of nitrogens with two attached hydrogens (primary N) is 1. The molecule has 3 N–H and O–H groups in total. The molecule has 1 unspecified atom stereocenters. The molecule has 16 heavy (non-hydrogen) atoms. The maximum absolute atomic E-state index is 11.1. The minimum absolute atomic E-state index is 0.323. The minimum Gasteiger partial charge on any atom is -0.475 e. The number of primary amides is 1. The largest absolute Gasteiger partial charge is 0.475 e. The molecule has 0 saturated carbocycles. The first-order chi connectivity index (χ1) is 7.77. The molecule has 86 valence electrons. The first-order valence-electron chi connectivity index (χ1n) is 5.38. The monoisotopic (exact) mass is 221 g/mol. The van der Waals surface area contributed by atoms with Crippen molar-refractivity contribution < 1.29 is 9.53 Å². The summed E-state index contributed by atoms with van der Waals surface area (Å²) in [5.41, 5.74) is 5.56. The highest BCUT2D eigenvalue weighted by atomic mass is 16.5. The van der Waals surface area contributed by atoms with Gasteiger partial charge >= 0.3 is 0 Å². The average Bonchev–Trinajstić information content (AvgIpc) is 2.79. The molecule has 1 amide bonds. The zero-order valence-electron chi connectivity index (χ0n) is 8.98. The van der Waals surface area contributed by atoms with Crippen LogP contribution in [0.5, 0.6) is 5.88 Å². The number of hydrogen-bond acceptors (Lipinski definition) is 4. The van der Waals surface area contributed by atoms with Crippen molar-refractivity contribution in [3.63, 3.8) is 0 Å². The third-order valence-electron chi connectivity index (χ3n) is 2.62. The van der Waals surface area contributed by atoms with Crippen LogP contribution in [0, 0.1) is 0 Å². The number of amides is 1. The van der Waals surface area contributed by atoms with Crippen LogP contribution in [-0.2, 0) is 0 Å². The molecule has 0 aliphatic carbocycles. The van der Waals surface area contributed by atoms with Gasteiger partial charge in [-0.15, -0.1) is 0 Å². The van der Waals surface area contributed by atoms with E-state index < -0.39 is 5.91 Å². The topological polar surface area (TPSA) is 77.2 Å². The number of nitrogens with one attached hydrogen (secondary N) is 1. The number of nitrogens with zero attached hydrogens (tertiary/aromatic N) is 1. The van der Waals surface area contributed by atoms with Gasteiger partial charge in [0, 0.05) is 12.2 Å². The van der Waals surface area contributed by atoms with Crippen molar-refractivity contribution in [2.45, 2.75) is 18.9 Å². The van der Waals surface area contributed by atoms with Crippen molar-refractivity contribution >= 4 is 5.91 Å². The molecule has 2 rings (SSSR count). The fourth-order valence-corrected chi connectivity index (χ4v) is 1.77. The Hall–Kier alpha value is -1.62. The Bertz CT molecular complexity index is 375. The van der Waals surface area contributed by atoms with Gasteiger partial charge in [0.1, 0.15) is 12.2 Å². The van der Waals surface area contributed by atoms with Crippen molar-refractivity contribution in [2.75, 3.05) is 13.2 Å². The fourth-order valence-electron chi connectivity index (χ4n) is 1.77. The molecule has 1 saturated heterocycles. The van der Waals surface area contributed by atoms with Gasteiger partial charge in [-0.1, -0.05) is 0 Å². The number of rotatable bonds is 4. The maximum Gasteiger partial charge on any atom is 0.254 e. The SMILES string of the molecule is NC(=O)c1cccnc1OCC1CCCN1. The number of pyridine rings is 1. The van der Waals surface area contributed by atoms with Gasteiger partial charge in [-0.3, -0.25) is 4.79 Å². The normalized spacial score (nSPS) is 19.6. The molecule has 1 aromatic heterocycles. The first kappa shape index (κ1) is 10.9. The molecule has 0 spiro atoms. The van der Waals surface area contributed by atoms with E-state index >= 15 is 0 Å². The molecule has 1 aromatic rings. The summed E-state index contributed by atoms with van der Waals surface area (Å²) in [4.78, 5) is 15.1. The van der Waals surface area contributed by atoms with Crippen molar-refractivity contribution in [3.05, 3.63) is 23.9 Å². The molecular weight excluding hydrogens is 206 g/mol. The van der Waals surface area contributed by atoms with Crippen molar-refractivity contribution in [1.82, 2.24) is 10.3 Å². The quantitative estimate of drug-likeness (QED) is 0.767. The highest BCUT2D eigenvalue weighted by Gasteiger charge is 2.16. The van der Waals surface area contributed by atoms with Gasteiger partial charge in [-0.05, 0) is 31.5 Å². The smallest absolute Gasteiger partial charge is 0.254 e. The molecule has 5 nitrogen and oxygen atoms in total. The summed E-state index contributed by atoms with van der Waals surface area (Å²) in [5, 5.41) is 3.31. The molecular formula is C11H15N3O2. The van der Waals surface area contributed by atoms with E-state index in [1.165, 1.54) is 6.42 Å². The van der Waals surface area contributed by atoms with Crippen LogP contribution in [0.4, 0.5) is 0 Å². The van der Waals surface area contributed by atoms with Crippen molar-refractivity contribution in [1.29, 1.82) is 0 Å². The Morgan fingerprint density at radius 3 is 3.25 bits per heavy atom. The lowest BCUT2D eigenvalue weighted by Gasteiger charge is -2.12. The van der Waals surface area contributed by atoms with Crippen LogP contribution in [0.25, 0.3) is 0 Å². The van der Waals surface area contributed by atoms with Crippen molar-refractivity contribution in [2.24, 2.45) is 5.73 Å². The summed E-state index contributed by atoms with van der Waals surface area (Å²) in [6.45, 7) is 1.55. The Morgan fingerprint density at radius 2 is 2.56 bits per heavy atom. The van der Waals surface area contributed by atoms with E-state index in [0.29, 0.717) is 24.1 Å². The Labute approximate surface area is 94.0 Å². The molecule has 2 heterocycles. The van der Waals surface area contributed by atoms with Gasteiger partial charge in [0.2, 0.25) is 5.88 Å². The lowest BCUT2D eigenvalue weighted by molar-refractivity contribution is 0.0995. The van der Waals surface area contributed by atoms with Crippen LogP contribution in [0.15, 0.2) is 18.3 Å². The Morgan fingerprint density at radius 1 is 1.69 bits per heavy atom. The van der Waals surface area contributed by atoms with Gasteiger partial charge in [-0.2, -0.15) is 0 Å². The van der Waals surface area contributed by atoms with E-state index in [-0.39, 0.29) is 0 Å². The summed E-state index contributed by atoms with van der Waals surface area (Å²) in [7, 11) is 0. The molecule has 5 heteroatoms. The van der Waals surface area contributed by atoms with Crippen LogP contribution in [0.1, 0.15) is 23.2 Å². The number of aromatic nitrogens is 1. The number of hydrogen-bond donors (Lipinski definition) is 2. The first-order valence-corrected chi connectivity index (χ1v) is 5.38. The van der Waals surface area contributed by atoms with Crippen molar-refractivity contribution in [3.8, 4) is 5.88 Å². The Kier molecular flexibility index (Phi) is 3.36. The summed E-state index contributed by atoms with van der Waals surface area (Å²) < 4.78 is 5.51. The highest BCUT2D eigenvalue weighted by molar-refractivity contribution is 5.94. The standard InChI is InChI=1S/C11H15N3O2/c12-10(15)9-4-2-6-14-11(9)16-7-8-3-1-5-13-8/h2,4,6,8,13H,1,3,5,7H2,(H2,12,15). The third kappa shape index (κ3) is 2.49. The Balaban J connectivity index is 2.00. The second-order valence-corrected chi connectivity index (χ2v) is 3.82. The van der Waals surface area contributed by atoms with Gasteiger partial charge in [0.25, 0.3) is 5.91 Å². The van der Waals surface area contributed by atoms with E-state index in [1.54, 1.807) is 18.3 Å². The number of ether oxygens (including phenoxy) is 1.